The molecule has 1 atom stereocenters. The van der Waals surface area contributed by atoms with Crippen LogP contribution in [0.2, 0.25) is 0 Å². The Balaban J connectivity index is 2.61. The highest BCUT2D eigenvalue weighted by Gasteiger charge is 2.35. The lowest BCUT2D eigenvalue weighted by atomic mass is 9.72. The van der Waals surface area contributed by atoms with Crippen molar-refractivity contribution in [1.29, 1.82) is 0 Å². The van der Waals surface area contributed by atoms with Gasteiger partial charge in [-0.25, -0.2) is 0 Å². The Morgan fingerprint density at radius 1 is 1.53 bits per heavy atom. The highest BCUT2D eigenvalue weighted by atomic mass is 16.5. The molecule has 0 saturated carbocycles. The van der Waals surface area contributed by atoms with Gasteiger partial charge >= 0.3 is 5.97 Å². The Hall–Kier alpha value is -1.12. The maximum absolute atomic E-state index is 12.1. The molecule has 0 aromatic rings. The number of ether oxygens (including phenoxy) is 1. The van der Waals surface area contributed by atoms with Gasteiger partial charge in [-0.05, 0) is 31.3 Å². The second kappa shape index (κ2) is 5.48. The molecule has 0 unspecified atom stereocenters. The third-order valence-corrected chi connectivity index (χ3v) is 3.58. The molecule has 0 aliphatic heterocycles. The summed E-state index contributed by atoms with van der Waals surface area (Å²) in [5, 5.41) is 0. The van der Waals surface area contributed by atoms with Crippen molar-refractivity contribution in [2.75, 3.05) is 6.61 Å². The summed E-state index contributed by atoms with van der Waals surface area (Å²) in [4.78, 5) is 22.8. The molecule has 0 radical (unpaired) electrons. The van der Waals surface area contributed by atoms with E-state index in [1.807, 2.05) is 6.92 Å². The predicted molar refractivity (Wildman–Crippen MR) is 66.5 cm³/mol. The van der Waals surface area contributed by atoms with Crippen LogP contribution in [0.5, 0.6) is 0 Å². The Morgan fingerprint density at radius 3 is 2.65 bits per heavy atom. The number of carbonyl (C=O) groups is 2. The highest BCUT2D eigenvalue weighted by Crippen LogP contribution is 2.37. The van der Waals surface area contributed by atoms with Crippen molar-refractivity contribution in [2.24, 2.45) is 11.3 Å². The summed E-state index contributed by atoms with van der Waals surface area (Å²) in [7, 11) is 0. The van der Waals surface area contributed by atoms with Crippen LogP contribution in [0.25, 0.3) is 0 Å². The van der Waals surface area contributed by atoms with Gasteiger partial charge in [-0.1, -0.05) is 26.3 Å². The normalized spacial score (nSPS) is 24.8. The van der Waals surface area contributed by atoms with E-state index in [-0.39, 0.29) is 17.2 Å². The molecule has 0 bridgehead atoms. The summed E-state index contributed by atoms with van der Waals surface area (Å²) >= 11 is 0. The minimum Gasteiger partial charge on any atom is -0.466 e. The maximum atomic E-state index is 12.1. The van der Waals surface area contributed by atoms with E-state index in [9.17, 15) is 9.59 Å². The number of hydrogen-bond acceptors (Lipinski definition) is 3. The number of ketones is 1. The zero-order chi connectivity index (χ0) is 13.1. The van der Waals surface area contributed by atoms with Crippen LogP contribution in [0.4, 0.5) is 0 Å². The monoisotopic (exact) mass is 238 g/mol. The summed E-state index contributed by atoms with van der Waals surface area (Å²) in [6.45, 7) is 7.91. The molecule has 96 valence electrons. The van der Waals surface area contributed by atoms with Crippen molar-refractivity contribution in [2.45, 2.75) is 47.0 Å². The fourth-order valence-corrected chi connectivity index (χ4v) is 2.08. The van der Waals surface area contributed by atoms with Gasteiger partial charge in [0.05, 0.1) is 6.61 Å². The summed E-state index contributed by atoms with van der Waals surface area (Å²) < 4.78 is 4.92. The van der Waals surface area contributed by atoms with Crippen LogP contribution in [0.15, 0.2) is 11.6 Å². The van der Waals surface area contributed by atoms with E-state index in [1.54, 1.807) is 6.08 Å². The molecule has 0 spiro atoms. The molecule has 0 saturated heterocycles. The van der Waals surface area contributed by atoms with Gasteiger partial charge in [-0.15, -0.1) is 0 Å². The Labute approximate surface area is 103 Å². The molecule has 0 aromatic carbocycles. The van der Waals surface area contributed by atoms with E-state index < -0.39 is 0 Å². The first kappa shape index (κ1) is 13.9. The second-order valence-electron chi connectivity index (χ2n) is 5.39. The third kappa shape index (κ3) is 3.69. The van der Waals surface area contributed by atoms with Crippen LogP contribution in [0.1, 0.15) is 47.0 Å². The topological polar surface area (TPSA) is 43.4 Å². The van der Waals surface area contributed by atoms with E-state index in [4.69, 9.17) is 4.74 Å². The molecule has 3 heteroatoms. The average Bonchev–Trinajstić information content (AvgIpc) is 2.21. The van der Waals surface area contributed by atoms with Gasteiger partial charge in [0.15, 0.2) is 5.78 Å². The minimum atomic E-state index is -0.353. The molecule has 1 aliphatic carbocycles. The number of rotatable bonds is 4. The Kier molecular flexibility index (Phi) is 4.49. The second-order valence-corrected chi connectivity index (χ2v) is 5.39. The van der Waals surface area contributed by atoms with Gasteiger partial charge in [-0.2, -0.15) is 0 Å². The lowest BCUT2D eigenvalue weighted by Gasteiger charge is -2.32. The van der Waals surface area contributed by atoms with E-state index in [0.717, 1.165) is 12.8 Å². The van der Waals surface area contributed by atoms with Crippen LogP contribution >= 0.6 is 0 Å². The van der Waals surface area contributed by atoms with E-state index in [2.05, 4.69) is 13.8 Å². The summed E-state index contributed by atoms with van der Waals surface area (Å²) in [6, 6.07) is 0. The van der Waals surface area contributed by atoms with Gasteiger partial charge in [-0.3, -0.25) is 9.59 Å². The Bertz CT molecular complexity index is 341. The smallest absolute Gasteiger partial charge is 0.302 e. The fraction of sp³-hybridized carbons (Fsp3) is 0.714. The van der Waals surface area contributed by atoms with Crippen molar-refractivity contribution in [3.8, 4) is 0 Å². The zero-order valence-corrected chi connectivity index (χ0v) is 11.2. The van der Waals surface area contributed by atoms with Crippen LogP contribution < -0.4 is 0 Å². The molecule has 0 fully saturated rings. The molecule has 1 rings (SSSR count). The van der Waals surface area contributed by atoms with Crippen LogP contribution in [-0.4, -0.2) is 18.4 Å². The van der Waals surface area contributed by atoms with Crippen LogP contribution in [0, 0.1) is 11.3 Å². The van der Waals surface area contributed by atoms with Gasteiger partial charge < -0.3 is 4.74 Å². The summed E-state index contributed by atoms with van der Waals surface area (Å²) in [6.07, 6.45) is 4.24. The van der Waals surface area contributed by atoms with Gasteiger partial charge in [0.1, 0.15) is 0 Å². The first-order chi connectivity index (χ1) is 7.85. The van der Waals surface area contributed by atoms with E-state index in [0.29, 0.717) is 18.9 Å². The molecule has 1 aliphatic rings. The fourth-order valence-electron chi connectivity index (χ4n) is 2.08. The first-order valence-electron chi connectivity index (χ1n) is 6.23. The molecule has 17 heavy (non-hydrogen) atoms. The molecule has 0 aromatic heterocycles. The predicted octanol–water partition coefficient (Wildman–Crippen LogP) is 2.89. The third-order valence-electron chi connectivity index (χ3n) is 3.58. The SMILES string of the molecule is CC(=O)OCC[C@]1(C)CCC(C(C)C)=CC1=O. The van der Waals surface area contributed by atoms with Crippen LogP contribution in [-0.2, 0) is 14.3 Å². The van der Waals surface area contributed by atoms with Gasteiger partial charge in [0.2, 0.25) is 0 Å². The summed E-state index contributed by atoms with van der Waals surface area (Å²) in [5.41, 5.74) is 0.883. The molecular weight excluding hydrogens is 216 g/mol. The molecule has 0 amide bonds. The van der Waals surface area contributed by atoms with Gasteiger partial charge in [0.25, 0.3) is 0 Å². The first-order valence-corrected chi connectivity index (χ1v) is 6.23. The van der Waals surface area contributed by atoms with Crippen molar-refractivity contribution >= 4 is 11.8 Å². The largest absolute Gasteiger partial charge is 0.466 e. The molecule has 0 heterocycles. The van der Waals surface area contributed by atoms with E-state index in [1.165, 1.54) is 12.5 Å². The lowest BCUT2D eigenvalue weighted by molar-refractivity contribution is -0.143. The van der Waals surface area contributed by atoms with Crippen molar-refractivity contribution in [3.63, 3.8) is 0 Å². The zero-order valence-electron chi connectivity index (χ0n) is 11.2. The summed E-state index contributed by atoms with van der Waals surface area (Å²) in [5.74, 6) is 0.340. The molecule has 0 N–H and O–H groups in total. The minimum absolute atomic E-state index is 0.180. The standard InChI is InChI=1S/C14H22O3/c1-10(2)12-5-6-14(4,13(16)9-12)7-8-17-11(3)15/h9-10H,5-8H2,1-4H3/t14-/m0/s1. The number of esters is 1. The van der Waals surface area contributed by atoms with Crippen molar-refractivity contribution in [3.05, 3.63) is 11.6 Å². The molecule has 3 nitrogen and oxygen atoms in total. The average molecular weight is 238 g/mol. The van der Waals surface area contributed by atoms with Crippen LogP contribution in [0.3, 0.4) is 0 Å². The van der Waals surface area contributed by atoms with Gasteiger partial charge in [0, 0.05) is 12.3 Å². The van der Waals surface area contributed by atoms with Crippen molar-refractivity contribution < 1.29 is 14.3 Å². The number of carbonyl (C=O) groups excluding carboxylic acids is 2. The number of allylic oxidation sites excluding steroid dienone is 2. The van der Waals surface area contributed by atoms with E-state index >= 15 is 0 Å². The Morgan fingerprint density at radius 2 is 2.18 bits per heavy atom. The quantitative estimate of drug-likeness (QED) is 0.707. The number of hydrogen-bond donors (Lipinski definition) is 0. The maximum Gasteiger partial charge on any atom is 0.302 e. The molecular formula is C14H22O3. The highest BCUT2D eigenvalue weighted by molar-refractivity contribution is 5.96. The van der Waals surface area contributed by atoms with Crippen molar-refractivity contribution in [1.82, 2.24) is 0 Å². The lowest BCUT2D eigenvalue weighted by Crippen LogP contribution is -2.32.